The van der Waals surface area contributed by atoms with Crippen molar-refractivity contribution in [1.82, 2.24) is 9.78 Å². The molecular weight excluding hydrogens is 472 g/mol. The van der Waals surface area contributed by atoms with Crippen LogP contribution in [0.25, 0.3) is 10.9 Å². The Kier molecular flexibility index (Phi) is 6.46. The van der Waals surface area contributed by atoms with Crippen molar-refractivity contribution in [3.05, 3.63) is 57.1 Å². The van der Waals surface area contributed by atoms with Crippen LogP contribution in [-0.2, 0) is 27.8 Å². The fraction of sp³-hybridized carbons (Fsp3) is 0.381. The van der Waals surface area contributed by atoms with E-state index in [1.165, 1.54) is 16.8 Å². The number of nitro groups is 1. The molecule has 0 bridgehead atoms. The largest absolute Gasteiger partial charge is 0.497 e. The summed E-state index contributed by atoms with van der Waals surface area (Å²) in [6.45, 7) is 0.475. The van der Waals surface area contributed by atoms with Crippen molar-refractivity contribution >= 4 is 44.0 Å². The van der Waals surface area contributed by atoms with Gasteiger partial charge in [-0.1, -0.05) is 23.7 Å². The van der Waals surface area contributed by atoms with Crippen molar-refractivity contribution in [2.45, 2.75) is 32.0 Å². The Hall–Kier alpha value is -2.89. The van der Waals surface area contributed by atoms with Gasteiger partial charge < -0.3 is 9.47 Å². The Bertz CT molecular complexity index is 1290. The number of halogens is 1. The number of ether oxygens (including phenoxy) is 2. The Morgan fingerprint density at radius 2 is 1.94 bits per heavy atom. The molecule has 4 rings (SSSR count). The summed E-state index contributed by atoms with van der Waals surface area (Å²) in [6, 6.07) is 9.60. The average molecular weight is 495 g/mol. The smallest absolute Gasteiger partial charge is 0.295 e. The standard InChI is InChI=1S/C21H23ClN4O6S/c1-31-15-5-3-14(4-6-15)13-25(33(2,29)30)21-19-17(22)9-10-18(26(27)28)20(19)24(23-21)11-12-32-16-7-8-16/h3-6,9-10,16H,7-8,11-13H2,1-2H3. The summed E-state index contributed by atoms with van der Waals surface area (Å²) in [4.78, 5) is 11.2. The zero-order valence-electron chi connectivity index (χ0n) is 18.1. The number of nitro benzene ring substituents is 1. The lowest BCUT2D eigenvalue weighted by Gasteiger charge is -2.20. The van der Waals surface area contributed by atoms with Crippen molar-refractivity contribution in [3.8, 4) is 5.75 Å². The molecule has 176 valence electrons. The minimum atomic E-state index is -3.82. The van der Waals surface area contributed by atoms with Gasteiger partial charge in [-0.2, -0.15) is 5.10 Å². The van der Waals surface area contributed by atoms with Gasteiger partial charge >= 0.3 is 0 Å². The molecule has 0 amide bonds. The molecule has 1 aromatic heterocycles. The maximum Gasteiger partial charge on any atom is 0.295 e. The van der Waals surface area contributed by atoms with Gasteiger partial charge in [0.25, 0.3) is 5.69 Å². The van der Waals surface area contributed by atoms with Gasteiger partial charge in [0.15, 0.2) is 5.82 Å². The molecule has 3 aromatic rings. The lowest BCUT2D eigenvalue weighted by Crippen LogP contribution is -2.30. The predicted octanol–water partition coefficient (Wildman–Crippen LogP) is 3.75. The highest BCUT2D eigenvalue weighted by molar-refractivity contribution is 7.92. The van der Waals surface area contributed by atoms with E-state index < -0.39 is 14.9 Å². The molecule has 0 atom stereocenters. The molecule has 0 aliphatic heterocycles. The number of sulfonamides is 1. The number of aromatic nitrogens is 2. The van der Waals surface area contributed by atoms with Crippen molar-refractivity contribution in [2.75, 3.05) is 24.3 Å². The van der Waals surface area contributed by atoms with E-state index >= 15 is 0 Å². The summed E-state index contributed by atoms with van der Waals surface area (Å²) in [5.41, 5.74) is 0.630. The first-order valence-electron chi connectivity index (χ1n) is 10.2. The number of rotatable bonds is 10. The van der Waals surface area contributed by atoms with Gasteiger partial charge in [0.2, 0.25) is 10.0 Å². The molecule has 0 unspecified atom stereocenters. The van der Waals surface area contributed by atoms with Gasteiger partial charge in [-0.3, -0.25) is 14.8 Å². The van der Waals surface area contributed by atoms with Gasteiger partial charge in [0.05, 0.1) is 54.5 Å². The monoisotopic (exact) mass is 494 g/mol. The summed E-state index contributed by atoms with van der Waals surface area (Å²) in [7, 11) is -2.28. The molecule has 1 saturated carbocycles. The number of non-ortho nitro benzene ring substituents is 1. The van der Waals surface area contributed by atoms with Gasteiger partial charge in [-0.05, 0) is 36.6 Å². The number of hydrogen-bond acceptors (Lipinski definition) is 7. The second-order valence-corrected chi connectivity index (χ2v) is 10.1. The quantitative estimate of drug-likeness (QED) is 0.311. The Morgan fingerprint density at radius 1 is 1.24 bits per heavy atom. The Labute approximate surface area is 195 Å². The molecule has 0 saturated heterocycles. The maximum atomic E-state index is 12.8. The van der Waals surface area contributed by atoms with Crippen LogP contribution in [-0.4, -0.2) is 49.2 Å². The topological polar surface area (TPSA) is 117 Å². The predicted molar refractivity (Wildman–Crippen MR) is 124 cm³/mol. The summed E-state index contributed by atoms with van der Waals surface area (Å²) >= 11 is 6.44. The summed E-state index contributed by atoms with van der Waals surface area (Å²) < 4.78 is 39.0. The fourth-order valence-electron chi connectivity index (χ4n) is 3.51. The van der Waals surface area contributed by atoms with Crippen LogP contribution in [0, 0.1) is 10.1 Å². The van der Waals surface area contributed by atoms with E-state index in [4.69, 9.17) is 21.1 Å². The lowest BCUT2D eigenvalue weighted by atomic mass is 10.2. The summed E-state index contributed by atoms with van der Waals surface area (Å²) in [6.07, 6.45) is 3.23. The van der Waals surface area contributed by atoms with Crippen molar-refractivity contribution in [1.29, 1.82) is 0 Å². The number of nitrogens with zero attached hydrogens (tertiary/aromatic N) is 4. The van der Waals surface area contributed by atoms with E-state index in [1.54, 1.807) is 31.4 Å². The van der Waals surface area contributed by atoms with Crippen LogP contribution in [0.2, 0.25) is 5.02 Å². The van der Waals surface area contributed by atoms with Crippen molar-refractivity contribution in [3.63, 3.8) is 0 Å². The second-order valence-electron chi connectivity index (χ2n) is 7.78. The number of fused-ring (bicyclic) bond motifs is 1. The zero-order chi connectivity index (χ0) is 23.8. The highest BCUT2D eigenvalue weighted by Gasteiger charge is 2.30. The molecule has 10 nitrogen and oxygen atoms in total. The van der Waals surface area contributed by atoms with Crippen LogP contribution in [0.4, 0.5) is 11.5 Å². The SMILES string of the molecule is COc1ccc(CN(c2nn(CCOC3CC3)c3c([N+](=O)[O-])ccc(Cl)c23)S(C)(=O)=O)cc1. The molecule has 1 aliphatic rings. The molecule has 0 spiro atoms. The van der Waals surface area contributed by atoms with Crippen molar-refractivity contribution in [2.24, 2.45) is 0 Å². The molecule has 0 N–H and O–H groups in total. The first-order chi connectivity index (χ1) is 15.7. The van der Waals surface area contributed by atoms with Crippen LogP contribution >= 0.6 is 11.6 Å². The number of hydrogen-bond donors (Lipinski definition) is 0. The van der Waals surface area contributed by atoms with E-state index in [2.05, 4.69) is 5.10 Å². The van der Waals surface area contributed by atoms with E-state index in [-0.39, 0.29) is 46.6 Å². The van der Waals surface area contributed by atoms with E-state index in [9.17, 15) is 18.5 Å². The third kappa shape index (κ3) is 5.05. The Balaban J connectivity index is 1.83. The molecule has 33 heavy (non-hydrogen) atoms. The van der Waals surface area contributed by atoms with Crippen LogP contribution in [0.3, 0.4) is 0 Å². The third-order valence-electron chi connectivity index (χ3n) is 5.30. The van der Waals surface area contributed by atoms with Crippen LogP contribution < -0.4 is 9.04 Å². The zero-order valence-corrected chi connectivity index (χ0v) is 19.7. The molecule has 12 heteroatoms. The Morgan fingerprint density at radius 3 is 2.52 bits per heavy atom. The molecule has 1 heterocycles. The first-order valence-corrected chi connectivity index (χ1v) is 12.5. The van der Waals surface area contributed by atoms with Gasteiger partial charge in [-0.25, -0.2) is 12.7 Å². The number of anilines is 1. The van der Waals surface area contributed by atoms with E-state index in [0.717, 1.165) is 23.4 Å². The molecule has 2 aromatic carbocycles. The minimum Gasteiger partial charge on any atom is -0.497 e. The molecule has 1 aliphatic carbocycles. The highest BCUT2D eigenvalue weighted by Crippen LogP contribution is 2.39. The number of benzene rings is 2. The van der Waals surface area contributed by atoms with E-state index in [0.29, 0.717) is 17.9 Å². The third-order valence-corrected chi connectivity index (χ3v) is 6.72. The molecule has 1 fully saturated rings. The van der Waals surface area contributed by atoms with Gasteiger partial charge in [0, 0.05) is 6.07 Å². The second kappa shape index (κ2) is 9.16. The average Bonchev–Trinajstić information content (AvgIpc) is 3.51. The van der Waals surface area contributed by atoms with Crippen LogP contribution in [0.15, 0.2) is 36.4 Å². The summed E-state index contributed by atoms with van der Waals surface area (Å²) in [5.74, 6) is 0.664. The fourth-order valence-corrected chi connectivity index (χ4v) is 4.58. The normalized spacial score (nSPS) is 13.9. The van der Waals surface area contributed by atoms with E-state index in [1.807, 2.05) is 0 Å². The summed E-state index contributed by atoms with van der Waals surface area (Å²) in [5, 5.41) is 16.6. The maximum absolute atomic E-state index is 12.8. The number of methoxy groups -OCH3 is 1. The highest BCUT2D eigenvalue weighted by atomic mass is 35.5. The van der Waals surface area contributed by atoms with Gasteiger partial charge in [-0.15, -0.1) is 0 Å². The van der Waals surface area contributed by atoms with Crippen LogP contribution in [0.5, 0.6) is 5.75 Å². The molecular formula is C21H23ClN4O6S. The van der Waals surface area contributed by atoms with Crippen LogP contribution in [0.1, 0.15) is 18.4 Å². The van der Waals surface area contributed by atoms with Gasteiger partial charge in [0.1, 0.15) is 11.3 Å². The van der Waals surface area contributed by atoms with Crippen molar-refractivity contribution < 1.29 is 22.8 Å². The minimum absolute atomic E-state index is 0.0310. The first kappa shape index (κ1) is 23.3. The molecule has 0 radical (unpaired) electrons. The lowest BCUT2D eigenvalue weighted by molar-refractivity contribution is -0.383.